The molecule has 2 aliphatic rings. The van der Waals surface area contributed by atoms with Crippen molar-refractivity contribution in [3.63, 3.8) is 0 Å². The Morgan fingerprint density at radius 2 is 1.83 bits per heavy atom. The van der Waals surface area contributed by atoms with Crippen molar-refractivity contribution in [2.24, 2.45) is 23.7 Å². The van der Waals surface area contributed by atoms with Crippen molar-refractivity contribution < 1.29 is 38.4 Å². The van der Waals surface area contributed by atoms with Crippen molar-refractivity contribution in [2.45, 2.75) is 124 Å². The first kappa shape index (κ1) is 37.2. The van der Waals surface area contributed by atoms with Crippen LogP contribution in [-0.2, 0) is 28.5 Å². The summed E-state index contributed by atoms with van der Waals surface area (Å²) >= 11 is 0. The highest BCUT2D eigenvalue weighted by molar-refractivity contribution is 5.89. The maximum Gasteiger partial charge on any atom is 0.338 e. The Morgan fingerprint density at radius 1 is 1.13 bits per heavy atom. The molecule has 2 aliphatic heterocycles. The molecular formula is C38H54O8. The van der Waals surface area contributed by atoms with Gasteiger partial charge in [0.05, 0.1) is 17.8 Å². The summed E-state index contributed by atoms with van der Waals surface area (Å²) in [6, 6.07) is 9.05. The van der Waals surface area contributed by atoms with Gasteiger partial charge in [0, 0.05) is 25.2 Å². The number of allylic oxidation sites excluding steroid dienone is 3. The molecule has 2 heterocycles. The van der Waals surface area contributed by atoms with Gasteiger partial charge in [-0.05, 0) is 75.1 Å². The Labute approximate surface area is 275 Å². The van der Waals surface area contributed by atoms with Crippen molar-refractivity contribution in [3.05, 3.63) is 71.8 Å². The minimum atomic E-state index is -1.26. The summed E-state index contributed by atoms with van der Waals surface area (Å²) < 4.78 is 23.3. The molecule has 1 saturated heterocycles. The van der Waals surface area contributed by atoms with Crippen LogP contribution in [0.2, 0.25) is 0 Å². The van der Waals surface area contributed by atoms with Crippen molar-refractivity contribution in [2.75, 3.05) is 0 Å². The molecule has 46 heavy (non-hydrogen) atoms. The van der Waals surface area contributed by atoms with E-state index in [1.807, 2.05) is 64.1 Å². The van der Waals surface area contributed by atoms with Gasteiger partial charge in [-0.2, -0.15) is 0 Å². The first-order chi connectivity index (χ1) is 21.7. The van der Waals surface area contributed by atoms with E-state index in [2.05, 4.69) is 19.9 Å². The Kier molecular flexibility index (Phi) is 13.8. The van der Waals surface area contributed by atoms with Crippen LogP contribution in [0.4, 0.5) is 0 Å². The highest BCUT2D eigenvalue weighted by Gasteiger charge is 2.46. The van der Waals surface area contributed by atoms with E-state index < -0.39 is 23.8 Å². The Morgan fingerprint density at radius 3 is 2.48 bits per heavy atom. The quantitative estimate of drug-likeness (QED) is 0.0894. The zero-order valence-corrected chi connectivity index (χ0v) is 28.8. The molecule has 0 radical (unpaired) electrons. The lowest BCUT2D eigenvalue weighted by atomic mass is 9.87. The van der Waals surface area contributed by atoms with Gasteiger partial charge in [0.15, 0.2) is 0 Å². The summed E-state index contributed by atoms with van der Waals surface area (Å²) in [4.78, 5) is 37.3. The monoisotopic (exact) mass is 638 g/mol. The number of benzene rings is 1. The number of cyclic esters (lactones) is 1. The van der Waals surface area contributed by atoms with Crippen molar-refractivity contribution in [1.82, 2.24) is 0 Å². The highest BCUT2D eigenvalue weighted by Crippen LogP contribution is 2.37. The molecule has 0 spiro atoms. The van der Waals surface area contributed by atoms with Crippen LogP contribution < -0.4 is 0 Å². The summed E-state index contributed by atoms with van der Waals surface area (Å²) in [7, 11) is 0. The van der Waals surface area contributed by atoms with Gasteiger partial charge in [-0.3, -0.25) is 9.59 Å². The van der Waals surface area contributed by atoms with E-state index >= 15 is 0 Å². The maximum absolute atomic E-state index is 12.9. The number of aliphatic hydroxyl groups is 1. The molecule has 3 rings (SSSR count). The van der Waals surface area contributed by atoms with E-state index in [0.29, 0.717) is 24.8 Å². The number of ether oxygens (including phenoxy) is 4. The number of hydrogen-bond acceptors (Lipinski definition) is 8. The zero-order valence-electron chi connectivity index (χ0n) is 28.8. The van der Waals surface area contributed by atoms with Crippen LogP contribution in [-0.4, -0.2) is 59.1 Å². The largest absolute Gasteiger partial charge is 0.458 e. The fourth-order valence-electron chi connectivity index (χ4n) is 6.10. The Balaban J connectivity index is 1.62. The lowest BCUT2D eigenvalue weighted by Crippen LogP contribution is -2.41. The lowest BCUT2D eigenvalue weighted by molar-refractivity contribution is -0.156. The normalized spacial score (nSPS) is 31.8. The molecule has 0 aliphatic carbocycles. The molecule has 1 aromatic rings. The molecule has 0 aromatic heterocycles. The highest BCUT2D eigenvalue weighted by atomic mass is 16.6. The maximum atomic E-state index is 12.9. The number of esters is 3. The number of rotatable bonds is 11. The first-order valence-corrected chi connectivity index (χ1v) is 16.8. The van der Waals surface area contributed by atoms with Gasteiger partial charge in [0.2, 0.25) is 0 Å². The molecule has 10 unspecified atom stereocenters. The van der Waals surface area contributed by atoms with Crippen LogP contribution in [0.25, 0.3) is 0 Å². The fraction of sp³-hybridized carbons (Fsp3) is 0.605. The lowest BCUT2D eigenvalue weighted by Gasteiger charge is -2.32. The molecule has 8 nitrogen and oxygen atoms in total. The molecule has 0 amide bonds. The second-order valence-electron chi connectivity index (χ2n) is 13.6. The number of carbonyl (C=O) groups excluding carboxylic acids is 3. The van der Waals surface area contributed by atoms with E-state index in [1.165, 1.54) is 6.92 Å². The topological polar surface area (TPSA) is 112 Å². The fourth-order valence-corrected chi connectivity index (χ4v) is 6.10. The van der Waals surface area contributed by atoms with Crippen molar-refractivity contribution in [1.29, 1.82) is 0 Å². The third kappa shape index (κ3) is 11.2. The summed E-state index contributed by atoms with van der Waals surface area (Å²) in [5.41, 5.74) is 0.175. The van der Waals surface area contributed by atoms with Crippen LogP contribution in [0.15, 0.2) is 66.3 Å². The van der Waals surface area contributed by atoms with Gasteiger partial charge in [-0.15, -0.1) is 0 Å². The van der Waals surface area contributed by atoms with E-state index in [9.17, 15) is 19.5 Å². The molecular weight excluding hydrogens is 584 g/mol. The second-order valence-corrected chi connectivity index (χ2v) is 13.6. The van der Waals surface area contributed by atoms with Crippen LogP contribution >= 0.6 is 0 Å². The number of epoxide rings is 1. The third-order valence-corrected chi connectivity index (χ3v) is 9.14. The Hall–Kier alpha value is -3.23. The molecule has 0 bridgehead atoms. The molecule has 1 N–H and O–H groups in total. The molecule has 254 valence electrons. The number of carbonyl (C=O) groups is 3. The average molecular weight is 639 g/mol. The molecule has 8 heteroatoms. The summed E-state index contributed by atoms with van der Waals surface area (Å²) in [5.74, 6) is -0.946. The molecule has 1 fully saturated rings. The predicted octanol–water partition coefficient (Wildman–Crippen LogP) is 7.16. The minimum Gasteiger partial charge on any atom is -0.458 e. The van der Waals surface area contributed by atoms with Gasteiger partial charge >= 0.3 is 17.9 Å². The molecule has 1 aromatic carbocycles. The Bertz CT molecular complexity index is 1250. The summed E-state index contributed by atoms with van der Waals surface area (Å²) in [5, 5.41) is 11.1. The van der Waals surface area contributed by atoms with E-state index in [0.717, 1.165) is 12.0 Å². The molecule has 10 atom stereocenters. The first-order valence-electron chi connectivity index (χ1n) is 16.8. The van der Waals surface area contributed by atoms with Gasteiger partial charge < -0.3 is 24.1 Å². The van der Waals surface area contributed by atoms with Crippen LogP contribution in [0, 0.1) is 23.7 Å². The van der Waals surface area contributed by atoms with Gasteiger partial charge in [-0.1, -0.05) is 77.1 Å². The predicted molar refractivity (Wildman–Crippen MR) is 178 cm³/mol. The smallest absolute Gasteiger partial charge is 0.338 e. The van der Waals surface area contributed by atoms with E-state index in [-0.39, 0.29) is 60.3 Å². The van der Waals surface area contributed by atoms with Crippen LogP contribution in [0.1, 0.15) is 97.9 Å². The average Bonchev–Trinajstić information content (AvgIpc) is 3.77. The second kappa shape index (κ2) is 17.1. The summed E-state index contributed by atoms with van der Waals surface area (Å²) in [6.07, 6.45) is 11.0. The zero-order chi connectivity index (χ0) is 34.0. The van der Waals surface area contributed by atoms with Gasteiger partial charge in [-0.25, -0.2) is 4.79 Å². The van der Waals surface area contributed by atoms with Gasteiger partial charge in [0.1, 0.15) is 23.9 Å². The van der Waals surface area contributed by atoms with Gasteiger partial charge in [0.25, 0.3) is 0 Å². The summed E-state index contributed by atoms with van der Waals surface area (Å²) in [6.45, 7) is 15.1. The standard InChI is InChI=1S/C38H54O8/c1-9-31(45-37(41)30-16-11-10-12-17-30)28(6)36-32(44-36)22-24(2)14-13-15-26(4)35-27(5)18-19-33(43-29(7)39)38(8,42)21-20-25(3)23-34(40)46-35/h10-19,24-25,27-28,31-33,35-36,42H,9,20-23H2,1-8H3/b14-13+,19-18+,26-15+. The molecule has 0 saturated carbocycles. The van der Waals surface area contributed by atoms with Crippen LogP contribution in [0.3, 0.4) is 0 Å². The van der Waals surface area contributed by atoms with Crippen molar-refractivity contribution in [3.8, 4) is 0 Å². The van der Waals surface area contributed by atoms with E-state index in [4.69, 9.17) is 18.9 Å². The van der Waals surface area contributed by atoms with E-state index in [1.54, 1.807) is 25.1 Å². The third-order valence-electron chi connectivity index (χ3n) is 9.14. The van der Waals surface area contributed by atoms with Crippen molar-refractivity contribution >= 4 is 17.9 Å². The van der Waals surface area contributed by atoms with Crippen LogP contribution in [0.5, 0.6) is 0 Å². The SMILES string of the molecule is CCC(OC(=O)c1ccccc1)C(C)C1OC1CC(C)/C=C/C=C(\C)C1OC(=O)CC(C)CCC(C)(O)C(OC(C)=O)/C=C/C1C. The number of hydrogen-bond donors (Lipinski definition) is 1. The minimum absolute atomic E-state index is 0.000974.